The van der Waals surface area contributed by atoms with E-state index in [4.69, 9.17) is 4.74 Å². The van der Waals surface area contributed by atoms with E-state index in [1.54, 1.807) is 0 Å². The smallest absolute Gasteiger partial charge is 0.350 e. The van der Waals surface area contributed by atoms with Crippen molar-refractivity contribution in [2.24, 2.45) is 11.3 Å². The highest BCUT2D eigenvalue weighted by Crippen LogP contribution is 2.41. The highest BCUT2D eigenvalue weighted by atomic mass is 79.9. The molecule has 0 spiro atoms. The molecule has 6 heteroatoms. The Balaban J connectivity index is 2.05. The number of methoxy groups -OCH3 is 1. The Hall–Kier alpha value is -1.32. The van der Waals surface area contributed by atoms with E-state index in [0.29, 0.717) is 16.5 Å². The fraction of sp³-hybridized carbons (Fsp3) is 0.652. The van der Waals surface area contributed by atoms with Gasteiger partial charge in [-0.25, -0.2) is 4.79 Å². The minimum Gasteiger partial charge on any atom is -0.465 e. The molecule has 0 N–H and O–H groups in total. The van der Waals surface area contributed by atoms with E-state index < -0.39 is 5.97 Å². The van der Waals surface area contributed by atoms with Gasteiger partial charge in [-0.1, -0.05) is 47.0 Å². The van der Waals surface area contributed by atoms with E-state index in [-0.39, 0.29) is 22.2 Å². The van der Waals surface area contributed by atoms with Crippen molar-refractivity contribution >= 4 is 44.8 Å². The van der Waals surface area contributed by atoms with E-state index in [2.05, 4.69) is 48.5 Å². The van der Waals surface area contributed by atoms with Gasteiger partial charge < -0.3 is 9.64 Å². The molecule has 1 amide bonds. The van der Waals surface area contributed by atoms with Crippen LogP contribution < -0.4 is 4.90 Å². The van der Waals surface area contributed by atoms with Gasteiger partial charge in [0, 0.05) is 11.5 Å². The van der Waals surface area contributed by atoms with Crippen molar-refractivity contribution in [3.63, 3.8) is 0 Å². The molecule has 2 fully saturated rings. The van der Waals surface area contributed by atoms with Gasteiger partial charge >= 0.3 is 5.97 Å². The summed E-state index contributed by atoms with van der Waals surface area (Å²) < 4.78 is 5.04. The standard InChI is InChI=1S/C23H30BrNO3S/c1-23(2,3)13-12-16-14-19(20(29-16)22(27)28-4)25-18(11-10-17(24)21(25)26)15-8-6-5-7-9-15/h14-15,17-18H,5-11H2,1-4H3/t17-,18?/m0/s1. The number of carbonyl (C=O) groups is 2. The Labute approximate surface area is 186 Å². The van der Waals surface area contributed by atoms with Gasteiger partial charge in [0.25, 0.3) is 0 Å². The van der Waals surface area contributed by atoms with Gasteiger partial charge in [-0.15, -0.1) is 11.3 Å². The van der Waals surface area contributed by atoms with Gasteiger partial charge in [0.05, 0.1) is 22.5 Å². The van der Waals surface area contributed by atoms with Crippen LogP contribution in [0.2, 0.25) is 0 Å². The maximum absolute atomic E-state index is 13.3. The van der Waals surface area contributed by atoms with Crippen molar-refractivity contribution in [3.05, 3.63) is 15.8 Å². The average Bonchev–Trinajstić information content (AvgIpc) is 3.12. The van der Waals surface area contributed by atoms with Crippen LogP contribution in [0.5, 0.6) is 0 Å². The number of alkyl halides is 1. The normalized spacial score (nSPS) is 23.5. The number of esters is 1. The van der Waals surface area contributed by atoms with Gasteiger partial charge in [0.15, 0.2) is 0 Å². The van der Waals surface area contributed by atoms with Gasteiger partial charge in [-0.3, -0.25) is 4.79 Å². The summed E-state index contributed by atoms with van der Waals surface area (Å²) in [7, 11) is 1.39. The summed E-state index contributed by atoms with van der Waals surface area (Å²) in [5, 5.41) is 0. The minimum absolute atomic E-state index is 0.0464. The van der Waals surface area contributed by atoms with Gasteiger partial charge in [0.2, 0.25) is 5.91 Å². The van der Waals surface area contributed by atoms with Gasteiger partial charge in [0.1, 0.15) is 4.88 Å². The van der Waals surface area contributed by atoms with Gasteiger partial charge in [-0.2, -0.15) is 0 Å². The molecule has 3 rings (SSSR count). The van der Waals surface area contributed by atoms with Crippen LogP contribution in [0.4, 0.5) is 5.69 Å². The second kappa shape index (κ2) is 9.22. The van der Waals surface area contributed by atoms with E-state index >= 15 is 0 Å². The maximum atomic E-state index is 13.3. The molecule has 158 valence electrons. The molecule has 0 bridgehead atoms. The third-order valence-electron chi connectivity index (χ3n) is 5.65. The summed E-state index contributed by atoms with van der Waals surface area (Å²) in [6.45, 7) is 6.16. The second-order valence-corrected chi connectivity index (χ2v) is 11.2. The van der Waals surface area contributed by atoms with Crippen molar-refractivity contribution in [2.45, 2.75) is 76.6 Å². The van der Waals surface area contributed by atoms with Gasteiger partial charge in [-0.05, 0) is 58.4 Å². The number of nitrogens with zero attached hydrogens (tertiary/aromatic N) is 1. The molecule has 1 aromatic heterocycles. The number of carbonyl (C=O) groups excluding carboxylic acids is 2. The molecular formula is C23H30BrNO3S. The number of halogens is 1. The zero-order valence-corrected chi connectivity index (χ0v) is 20.1. The summed E-state index contributed by atoms with van der Waals surface area (Å²) in [4.78, 5) is 28.8. The average molecular weight is 480 g/mol. The molecule has 1 saturated heterocycles. The monoisotopic (exact) mass is 479 g/mol. The fourth-order valence-corrected chi connectivity index (χ4v) is 5.66. The van der Waals surface area contributed by atoms with Crippen LogP contribution in [0.15, 0.2) is 6.07 Å². The Morgan fingerprint density at radius 1 is 1.21 bits per heavy atom. The molecule has 1 aliphatic carbocycles. The Kier molecular flexibility index (Phi) is 7.11. The summed E-state index contributed by atoms with van der Waals surface area (Å²) in [5.41, 5.74) is 0.534. The first kappa shape index (κ1) is 22.4. The molecule has 1 aromatic rings. The lowest BCUT2D eigenvalue weighted by Gasteiger charge is -2.43. The Morgan fingerprint density at radius 3 is 2.52 bits per heavy atom. The van der Waals surface area contributed by atoms with E-state index in [9.17, 15) is 9.59 Å². The summed E-state index contributed by atoms with van der Waals surface area (Å²) in [5.74, 6) is 6.56. The van der Waals surface area contributed by atoms with Crippen molar-refractivity contribution in [1.29, 1.82) is 0 Å². The first-order valence-corrected chi connectivity index (χ1v) is 12.2. The summed E-state index contributed by atoms with van der Waals surface area (Å²) in [6, 6.07) is 2.05. The molecule has 1 saturated carbocycles. The lowest BCUT2D eigenvalue weighted by molar-refractivity contribution is -0.120. The second-order valence-electron chi connectivity index (χ2n) is 9.04. The zero-order valence-electron chi connectivity index (χ0n) is 17.7. The number of ether oxygens (including phenoxy) is 1. The van der Waals surface area contributed by atoms with Crippen LogP contribution in [-0.4, -0.2) is 29.9 Å². The van der Waals surface area contributed by atoms with E-state index in [1.807, 2.05) is 11.0 Å². The predicted molar refractivity (Wildman–Crippen MR) is 122 cm³/mol. The molecule has 29 heavy (non-hydrogen) atoms. The molecule has 4 nitrogen and oxygen atoms in total. The highest BCUT2D eigenvalue weighted by Gasteiger charge is 2.41. The van der Waals surface area contributed by atoms with Crippen LogP contribution in [0.1, 0.15) is 80.3 Å². The Morgan fingerprint density at radius 2 is 1.90 bits per heavy atom. The lowest BCUT2D eigenvalue weighted by atomic mass is 9.79. The molecule has 0 aromatic carbocycles. The quantitative estimate of drug-likeness (QED) is 0.314. The first-order chi connectivity index (χ1) is 13.7. The van der Waals surface area contributed by atoms with Crippen LogP contribution >= 0.6 is 27.3 Å². The number of hydrogen-bond donors (Lipinski definition) is 0. The zero-order chi connectivity index (χ0) is 21.2. The number of amides is 1. The van der Waals surface area contributed by atoms with Crippen molar-refractivity contribution in [1.82, 2.24) is 0 Å². The molecule has 2 heterocycles. The van der Waals surface area contributed by atoms with Crippen molar-refractivity contribution in [3.8, 4) is 11.8 Å². The largest absolute Gasteiger partial charge is 0.465 e. The lowest BCUT2D eigenvalue weighted by Crippen LogP contribution is -2.52. The Bertz CT molecular complexity index is 823. The fourth-order valence-electron chi connectivity index (χ4n) is 4.26. The maximum Gasteiger partial charge on any atom is 0.350 e. The minimum atomic E-state index is -0.402. The summed E-state index contributed by atoms with van der Waals surface area (Å²) in [6.07, 6.45) is 7.80. The molecule has 2 atom stereocenters. The number of thiophene rings is 1. The number of anilines is 1. The van der Waals surface area contributed by atoms with E-state index in [0.717, 1.165) is 30.6 Å². The third kappa shape index (κ3) is 5.24. The topological polar surface area (TPSA) is 46.6 Å². The van der Waals surface area contributed by atoms with Crippen LogP contribution in [0, 0.1) is 23.2 Å². The molecule has 2 aliphatic rings. The molecule has 0 radical (unpaired) electrons. The SMILES string of the molecule is COC(=O)c1sc(C#CC(C)(C)C)cc1N1C(=O)[C@@H](Br)CCC1C1CCCCC1. The summed E-state index contributed by atoms with van der Waals surface area (Å²) >= 11 is 4.87. The van der Waals surface area contributed by atoms with Crippen LogP contribution in [-0.2, 0) is 9.53 Å². The number of rotatable bonds is 3. The molecular weight excluding hydrogens is 450 g/mol. The van der Waals surface area contributed by atoms with Crippen LogP contribution in [0.3, 0.4) is 0 Å². The van der Waals surface area contributed by atoms with Crippen molar-refractivity contribution < 1.29 is 14.3 Å². The van der Waals surface area contributed by atoms with Crippen LogP contribution in [0.25, 0.3) is 0 Å². The predicted octanol–water partition coefficient (Wildman–Crippen LogP) is 5.77. The first-order valence-electron chi connectivity index (χ1n) is 10.4. The number of hydrogen-bond acceptors (Lipinski definition) is 4. The molecule has 1 aliphatic heterocycles. The molecule has 1 unspecified atom stereocenters. The number of piperidine rings is 1. The highest BCUT2D eigenvalue weighted by molar-refractivity contribution is 9.10. The third-order valence-corrected chi connectivity index (χ3v) is 7.52. The van der Waals surface area contributed by atoms with E-state index in [1.165, 1.54) is 37.7 Å². The van der Waals surface area contributed by atoms with Crippen molar-refractivity contribution in [2.75, 3.05) is 12.0 Å².